The van der Waals surface area contributed by atoms with E-state index < -0.39 is 0 Å². The molecule has 5 nitrogen and oxygen atoms in total. The molecular weight excluding hydrogens is 420 g/mol. The average Bonchev–Trinajstić information content (AvgIpc) is 3.47. The summed E-state index contributed by atoms with van der Waals surface area (Å²) in [6.07, 6.45) is 1.63. The van der Waals surface area contributed by atoms with Gasteiger partial charge in [-0.15, -0.1) is 34.0 Å². The summed E-state index contributed by atoms with van der Waals surface area (Å²) in [6, 6.07) is 12.6. The fourth-order valence-electron chi connectivity index (χ4n) is 3.91. The van der Waals surface area contributed by atoms with E-state index in [2.05, 4.69) is 56.6 Å². The smallest absolute Gasteiger partial charge is 0.264 e. The predicted molar refractivity (Wildman–Crippen MR) is 123 cm³/mol. The first kappa shape index (κ1) is 17.3. The maximum absolute atomic E-state index is 13.1. The number of benzene rings is 1. The number of thiophene rings is 3. The Morgan fingerprint density at radius 1 is 0.931 bits per heavy atom. The maximum atomic E-state index is 13.1. The first-order chi connectivity index (χ1) is 14.3. The lowest BCUT2D eigenvalue weighted by atomic mass is 10.2. The molecule has 144 valence electrons. The second-order valence-corrected chi connectivity index (χ2v) is 10.0. The fourth-order valence-corrected chi connectivity index (χ4v) is 7.13. The topological polar surface area (TPSA) is 49.3 Å². The van der Waals surface area contributed by atoms with Crippen LogP contribution in [0.15, 0.2) is 48.1 Å². The first-order valence-electron chi connectivity index (χ1n) is 9.41. The van der Waals surface area contributed by atoms with Gasteiger partial charge in [-0.05, 0) is 23.6 Å². The molecule has 1 aliphatic heterocycles. The highest BCUT2D eigenvalue weighted by atomic mass is 32.1. The number of hydrogen-bond donors (Lipinski definition) is 0. The molecule has 0 unspecified atom stereocenters. The van der Waals surface area contributed by atoms with Gasteiger partial charge in [0.05, 0.1) is 15.0 Å². The number of aromatic nitrogens is 2. The highest BCUT2D eigenvalue weighted by Gasteiger charge is 2.25. The zero-order chi connectivity index (χ0) is 19.4. The third-order valence-electron chi connectivity index (χ3n) is 5.37. The average molecular weight is 437 g/mol. The Hall–Kier alpha value is -2.55. The molecule has 0 radical (unpaired) electrons. The van der Waals surface area contributed by atoms with Crippen molar-refractivity contribution in [3.05, 3.63) is 53.0 Å². The highest BCUT2D eigenvalue weighted by molar-refractivity contribution is 7.33. The molecule has 0 bridgehead atoms. The standard InChI is InChI=1S/C21H16N4OS3/c26-21(17-11-16-18(29-17)13-3-1-2-4-15(13)28-16)25-8-6-24(7-9-25)19-14-5-10-27-20(14)23-12-22-19/h1-5,10-12H,6-9H2. The molecule has 8 heteroatoms. The van der Waals surface area contributed by atoms with Crippen molar-refractivity contribution in [3.63, 3.8) is 0 Å². The van der Waals surface area contributed by atoms with Gasteiger partial charge in [0, 0.05) is 41.0 Å². The van der Waals surface area contributed by atoms with Crippen LogP contribution in [0.5, 0.6) is 0 Å². The lowest BCUT2D eigenvalue weighted by Crippen LogP contribution is -2.49. The number of carbonyl (C=O) groups excluding carboxylic acids is 1. The Bertz CT molecular complexity index is 1360. The van der Waals surface area contributed by atoms with Gasteiger partial charge in [-0.2, -0.15) is 0 Å². The number of nitrogens with zero attached hydrogens (tertiary/aromatic N) is 4. The molecule has 0 saturated carbocycles. The van der Waals surface area contributed by atoms with Crippen molar-refractivity contribution in [1.29, 1.82) is 0 Å². The monoisotopic (exact) mass is 436 g/mol. The number of amides is 1. The van der Waals surface area contributed by atoms with Gasteiger partial charge in [0.2, 0.25) is 0 Å². The van der Waals surface area contributed by atoms with E-state index in [-0.39, 0.29) is 5.91 Å². The maximum Gasteiger partial charge on any atom is 0.264 e. The molecule has 1 aliphatic rings. The fraction of sp³-hybridized carbons (Fsp3) is 0.190. The molecular formula is C21H16N4OS3. The Balaban J connectivity index is 1.23. The summed E-state index contributed by atoms with van der Waals surface area (Å²) in [7, 11) is 0. The van der Waals surface area contributed by atoms with Gasteiger partial charge in [-0.25, -0.2) is 9.97 Å². The molecule has 1 saturated heterocycles. The number of fused-ring (bicyclic) bond motifs is 4. The number of rotatable bonds is 2. The molecule has 0 N–H and O–H groups in total. The lowest BCUT2D eigenvalue weighted by Gasteiger charge is -2.35. The van der Waals surface area contributed by atoms with Gasteiger partial charge in [0.25, 0.3) is 5.91 Å². The zero-order valence-electron chi connectivity index (χ0n) is 15.4. The number of anilines is 1. The molecule has 1 amide bonds. The minimum Gasteiger partial charge on any atom is -0.352 e. The highest BCUT2D eigenvalue weighted by Crippen LogP contribution is 2.39. The summed E-state index contributed by atoms with van der Waals surface area (Å²) in [5, 5.41) is 4.40. The number of hydrogen-bond acceptors (Lipinski definition) is 7. The summed E-state index contributed by atoms with van der Waals surface area (Å²) in [5.74, 6) is 1.12. The Kier molecular flexibility index (Phi) is 4.04. The molecule has 5 heterocycles. The largest absolute Gasteiger partial charge is 0.352 e. The quantitative estimate of drug-likeness (QED) is 0.387. The molecule has 6 rings (SSSR count). The van der Waals surface area contributed by atoms with Crippen LogP contribution in [0.3, 0.4) is 0 Å². The Morgan fingerprint density at radius 2 is 1.79 bits per heavy atom. The normalized spacial score (nSPS) is 15.0. The summed E-state index contributed by atoms with van der Waals surface area (Å²) in [4.78, 5) is 28.0. The third-order valence-corrected chi connectivity index (χ3v) is 8.59. The third kappa shape index (κ3) is 2.82. The molecule has 1 fully saturated rings. The van der Waals surface area contributed by atoms with E-state index in [9.17, 15) is 4.79 Å². The molecule has 4 aromatic heterocycles. The molecule has 1 aromatic carbocycles. The van der Waals surface area contributed by atoms with Crippen LogP contribution in [0, 0.1) is 0 Å². The van der Waals surface area contributed by atoms with Crippen LogP contribution < -0.4 is 4.90 Å². The van der Waals surface area contributed by atoms with Crippen molar-refractivity contribution in [2.75, 3.05) is 31.1 Å². The van der Waals surface area contributed by atoms with Gasteiger partial charge < -0.3 is 9.80 Å². The van der Waals surface area contributed by atoms with Crippen molar-refractivity contribution in [2.45, 2.75) is 0 Å². The second kappa shape index (κ2) is 6.76. The van der Waals surface area contributed by atoms with Crippen LogP contribution in [0.1, 0.15) is 9.67 Å². The van der Waals surface area contributed by atoms with E-state index in [1.807, 2.05) is 4.90 Å². The predicted octanol–water partition coefficient (Wildman–Crippen LogP) is 5.08. The van der Waals surface area contributed by atoms with E-state index in [4.69, 9.17) is 0 Å². The van der Waals surface area contributed by atoms with E-state index in [0.29, 0.717) is 13.1 Å². The van der Waals surface area contributed by atoms with Crippen molar-refractivity contribution >= 4 is 75.4 Å². The van der Waals surface area contributed by atoms with Gasteiger partial charge in [0.1, 0.15) is 17.0 Å². The second-order valence-electron chi connectivity index (χ2n) is 7.02. The van der Waals surface area contributed by atoms with Gasteiger partial charge in [-0.3, -0.25) is 4.79 Å². The first-order valence-corrected chi connectivity index (χ1v) is 11.9. The van der Waals surface area contributed by atoms with Crippen molar-refractivity contribution in [3.8, 4) is 0 Å². The van der Waals surface area contributed by atoms with E-state index >= 15 is 0 Å². The van der Waals surface area contributed by atoms with Crippen LogP contribution >= 0.6 is 34.0 Å². The van der Waals surface area contributed by atoms with Crippen LogP contribution in [-0.2, 0) is 0 Å². The lowest BCUT2D eigenvalue weighted by molar-refractivity contribution is 0.0751. The van der Waals surface area contributed by atoms with Crippen LogP contribution in [0.2, 0.25) is 0 Å². The van der Waals surface area contributed by atoms with E-state index in [0.717, 1.165) is 34.0 Å². The van der Waals surface area contributed by atoms with Gasteiger partial charge in [-0.1, -0.05) is 18.2 Å². The number of piperazine rings is 1. The summed E-state index contributed by atoms with van der Waals surface area (Å²) in [5.41, 5.74) is 0. The molecule has 29 heavy (non-hydrogen) atoms. The molecule has 0 atom stereocenters. The van der Waals surface area contributed by atoms with Gasteiger partial charge >= 0.3 is 0 Å². The minimum atomic E-state index is 0.144. The van der Waals surface area contributed by atoms with Crippen LogP contribution in [0.25, 0.3) is 29.7 Å². The zero-order valence-corrected chi connectivity index (χ0v) is 17.8. The number of carbonyl (C=O) groups is 1. The minimum absolute atomic E-state index is 0.144. The molecule has 0 spiro atoms. The SMILES string of the molecule is O=C(c1cc2sc3ccccc3c2s1)N1CCN(c2ncnc3sccc23)CC1. The Labute approximate surface area is 178 Å². The van der Waals surface area contributed by atoms with Gasteiger partial charge in [0.15, 0.2) is 0 Å². The van der Waals surface area contributed by atoms with Crippen LogP contribution in [0.4, 0.5) is 5.82 Å². The van der Waals surface area contributed by atoms with Crippen molar-refractivity contribution in [1.82, 2.24) is 14.9 Å². The summed E-state index contributed by atoms with van der Waals surface area (Å²) >= 11 is 5.02. The van der Waals surface area contributed by atoms with E-state index in [1.165, 1.54) is 19.5 Å². The van der Waals surface area contributed by atoms with Crippen LogP contribution in [-0.4, -0.2) is 47.0 Å². The molecule has 5 aromatic rings. The van der Waals surface area contributed by atoms with E-state index in [1.54, 1.807) is 40.3 Å². The Morgan fingerprint density at radius 3 is 2.69 bits per heavy atom. The molecule has 0 aliphatic carbocycles. The summed E-state index contributed by atoms with van der Waals surface area (Å²) in [6.45, 7) is 2.99. The summed E-state index contributed by atoms with van der Waals surface area (Å²) < 4.78 is 3.72. The van der Waals surface area contributed by atoms with Crippen molar-refractivity contribution in [2.24, 2.45) is 0 Å². The van der Waals surface area contributed by atoms with Crippen molar-refractivity contribution < 1.29 is 4.79 Å².